The highest BCUT2D eigenvalue weighted by Crippen LogP contribution is 2.25. The monoisotopic (exact) mass is 300 g/mol. The van der Waals surface area contributed by atoms with Crippen molar-refractivity contribution in [2.45, 2.75) is 25.3 Å². The first-order chi connectivity index (χ1) is 9.11. The topological polar surface area (TPSA) is 32.3 Å². The number of rotatable bonds is 3. The molecule has 1 amide bonds. The summed E-state index contributed by atoms with van der Waals surface area (Å²) in [6, 6.07) is 5.71. The van der Waals surface area contributed by atoms with Crippen molar-refractivity contribution in [3.05, 3.63) is 33.8 Å². The molecule has 1 fully saturated rings. The quantitative estimate of drug-likeness (QED) is 0.931. The van der Waals surface area contributed by atoms with E-state index in [-0.39, 0.29) is 12.3 Å². The Balaban J connectivity index is 2.04. The first kappa shape index (κ1) is 14.6. The molecule has 0 aliphatic carbocycles. The summed E-state index contributed by atoms with van der Waals surface area (Å²) in [7, 11) is 1.93. The number of amides is 1. The van der Waals surface area contributed by atoms with Gasteiger partial charge in [-0.2, -0.15) is 0 Å². The molecule has 0 bridgehead atoms. The van der Waals surface area contributed by atoms with Crippen LogP contribution in [0.3, 0.4) is 0 Å². The van der Waals surface area contributed by atoms with Crippen molar-refractivity contribution in [3.63, 3.8) is 0 Å². The van der Waals surface area contributed by atoms with Gasteiger partial charge in [0.15, 0.2) is 0 Å². The number of hydrogen-bond acceptors (Lipinski definition) is 2. The minimum Gasteiger partial charge on any atom is -0.341 e. The second-order valence-electron chi connectivity index (χ2n) is 4.84. The summed E-state index contributed by atoms with van der Waals surface area (Å²) >= 11 is 12.2. The van der Waals surface area contributed by atoms with Crippen LogP contribution in [0.15, 0.2) is 18.2 Å². The van der Waals surface area contributed by atoms with Gasteiger partial charge in [0.2, 0.25) is 5.91 Å². The first-order valence-electron chi connectivity index (χ1n) is 6.49. The Bertz CT molecular complexity index is 445. The third-order valence-corrected chi connectivity index (χ3v) is 4.28. The van der Waals surface area contributed by atoms with Gasteiger partial charge in [-0.25, -0.2) is 0 Å². The van der Waals surface area contributed by atoms with Gasteiger partial charge in [0, 0.05) is 29.2 Å². The average molecular weight is 301 g/mol. The Hall–Kier alpha value is -0.770. The predicted octanol–water partition coefficient (Wildman–Crippen LogP) is 2.75. The van der Waals surface area contributed by atoms with Gasteiger partial charge in [-0.3, -0.25) is 4.79 Å². The van der Waals surface area contributed by atoms with Crippen LogP contribution in [0.5, 0.6) is 0 Å². The third-order valence-electron chi connectivity index (χ3n) is 3.57. The second kappa shape index (κ2) is 6.60. The molecule has 1 heterocycles. The van der Waals surface area contributed by atoms with Crippen molar-refractivity contribution < 1.29 is 4.79 Å². The van der Waals surface area contributed by atoms with Crippen LogP contribution in [0.4, 0.5) is 0 Å². The summed E-state index contributed by atoms with van der Waals surface area (Å²) in [6.07, 6.45) is 2.43. The van der Waals surface area contributed by atoms with Crippen LogP contribution in [0.2, 0.25) is 10.0 Å². The molecule has 0 radical (unpaired) electrons. The van der Waals surface area contributed by atoms with Gasteiger partial charge < -0.3 is 10.2 Å². The minimum absolute atomic E-state index is 0.0925. The van der Waals surface area contributed by atoms with Gasteiger partial charge in [-0.05, 0) is 37.6 Å². The Kier molecular flexibility index (Phi) is 5.08. The largest absolute Gasteiger partial charge is 0.341 e. The highest BCUT2D eigenvalue weighted by atomic mass is 35.5. The van der Waals surface area contributed by atoms with E-state index < -0.39 is 0 Å². The molecule has 1 aromatic carbocycles. The lowest BCUT2D eigenvalue weighted by Gasteiger charge is -2.32. The summed E-state index contributed by atoms with van der Waals surface area (Å²) in [5.41, 5.74) is 0.724. The molecule has 1 aliphatic rings. The van der Waals surface area contributed by atoms with Crippen molar-refractivity contribution in [3.8, 4) is 0 Å². The second-order valence-corrected chi connectivity index (χ2v) is 5.66. The molecule has 1 aliphatic heterocycles. The standard InChI is InChI=1S/C14H18Cl2N2O/c1-17-10-4-3-7-18(9-10)14(19)8-11-12(15)5-2-6-13(11)16/h2,5-6,10,17H,3-4,7-9H2,1H3. The van der Waals surface area contributed by atoms with Crippen LogP contribution >= 0.6 is 23.2 Å². The van der Waals surface area contributed by atoms with E-state index in [1.54, 1.807) is 18.2 Å². The Morgan fingerprint density at radius 3 is 2.74 bits per heavy atom. The van der Waals surface area contributed by atoms with Crippen molar-refractivity contribution >= 4 is 29.1 Å². The van der Waals surface area contributed by atoms with E-state index >= 15 is 0 Å². The van der Waals surface area contributed by atoms with E-state index in [2.05, 4.69) is 5.32 Å². The third kappa shape index (κ3) is 3.62. The fourth-order valence-electron chi connectivity index (χ4n) is 2.40. The first-order valence-corrected chi connectivity index (χ1v) is 7.25. The molecule has 5 heteroatoms. The van der Waals surface area contributed by atoms with E-state index in [1.807, 2.05) is 11.9 Å². The van der Waals surface area contributed by atoms with Crippen LogP contribution in [0.1, 0.15) is 18.4 Å². The summed E-state index contributed by atoms with van der Waals surface area (Å²) < 4.78 is 0. The molecular weight excluding hydrogens is 283 g/mol. The molecule has 0 aromatic heterocycles. The Morgan fingerprint density at radius 2 is 2.11 bits per heavy atom. The zero-order chi connectivity index (χ0) is 13.8. The average Bonchev–Trinajstić information content (AvgIpc) is 2.43. The van der Waals surface area contributed by atoms with Gasteiger partial charge >= 0.3 is 0 Å². The highest BCUT2D eigenvalue weighted by Gasteiger charge is 2.23. The maximum atomic E-state index is 12.3. The number of likely N-dealkylation sites (tertiary alicyclic amines) is 1. The van der Waals surface area contributed by atoms with Crippen LogP contribution in [-0.2, 0) is 11.2 Å². The molecule has 1 N–H and O–H groups in total. The summed E-state index contributed by atoms with van der Waals surface area (Å²) in [5, 5.41) is 4.35. The Labute approximate surface area is 123 Å². The number of carbonyl (C=O) groups excluding carboxylic acids is 1. The smallest absolute Gasteiger partial charge is 0.227 e. The lowest BCUT2D eigenvalue weighted by molar-refractivity contribution is -0.131. The van der Waals surface area contributed by atoms with Gasteiger partial charge in [0.1, 0.15) is 0 Å². The number of likely N-dealkylation sites (N-methyl/N-ethyl adjacent to an activating group) is 1. The van der Waals surface area contributed by atoms with Crippen molar-refractivity contribution in [1.29, 1.82) is 0 Å². The van der Waals surface area contributed by atoms with E-state index in [4.69, 9.17) is 23.2 Å². The zero-order valence-electron chi connectivity index (χ0n) is 11.0. The number of nitrogens with zero attached hydrogens (tertiary/aromatic N) is 1. The zero-order valence-corrected chi connectivity index (χ0v) is 12.5. The molecule has 0 saturated carbocycles. The van der Waals surface area contributed by atoms with Gasteiger partial charge in [0.25, 0.3) is 0 Å². The molecule has 1 unspecified atom stereocenters. The molecular formula is C14H18Cl2N2O. The fraction of sp³-hybridized carbons (Fsp3) is 0.500. The molecule has 0 spiro atoms. The number of nitrogens with one attached hydrogen (secondary N) is 1. The van der Waals surface area contributed by atoms with Crippen LogP contribution in [0.25, 0.3) is 0 Å². The number of halogens is 2. The number of hydrogen-bond donors (Lipinski definition) is 1. The summed E-state index contributed by atoms with van der Waals surface area (Å²) in [6.45, 7) is 1.58. The maximum Gasteiger partial charge on any atom is 0.227 e. The van der Waals surface area contributed by atoms with Crippen LogP contribution < -0.4 is 5.32 Å². The fourth-order valence-corrected chi connectivity index (χ4v) is 2.93. The number of piperidine rings is 1. The molecule has 2 rings (SSSR count). The lowest BCUT2D eigenvalue weighted by atomic mass is 10.0. The summed E-state index contributed by atoms with van der Waals surface area (Å²) in [5.74, 6) is 0.0925. The van der Waals surface area contributed by atoms with Gasteiger partial charge in [-0.1, -0.05) is 29.3 Å². The van der Waals surface area contributed by atoms with E-state index in [1.165, 1.54) is 0 Å². The molecule has 1 saturated heterocycles. The van der Waals surface area contributed by atoms with Crippen LogP contribution in [0, 0.1) is 0 Å². The molecule has 1 aromatic rings. The number of benzene rings is 1. The van der Waals surface area contributed by atoms with E-state index in [9.17, 15) is 4.79 Å². The van der Waals surface area contributed by atoms with Crippen molar-refractivity contribution in [2.75, 3.05) is 20.1 Å². The number of carbonyl (C=O) groups is 1. The predicted molar refractivity (Wildman–Crippen MR) is 78.8 cm³/mol. The van der Waals surface area contributed by atoms with E-state index in [0.29, 0.717) is 16.1 Å². The molecule has 3 nitrogen and oxygen atoms in total. The van der Waals surface area contributed by atoms with Crippen molar-refractivity contribution in [2.24, 2.45) is 0 Å². The van der Waals surface area contributed by atoms with Crippen LogP contribution in [-0.4, -0.2) is 37.0 Å². The Morgan fingerprint density at radius 1 is 1.42 bits per heavy atom. The van der Waals surface area contributed by atoms with Gasteiger partial charge in [-0.15, -0.1) is 0 Å². The summed E-state index contributed by atoms with van der Waals surface area (Å²) in [4.78, 5) is 14.2. The normalized spacial score (nSPS) is 19.5. The minimum atomic E-state index is 0.0925. The van der Waals surface area contributed by atoms with Crippen molar-refractivity contribution in [1.82, 2.24) is 10.2 Å². The highest BCUT2D eigenvalue weighted by molar-refractivity contribution is 6.36. The molecule has 19 heavy (non-hydrogen) atoms. The maximum absolute atomic E-state index is 12.3. The van der Waals surface area contributed by atoms with E-state index in [0.717, 1.165) is 31.5 Å². The molecule has 104 valence electrons. The lowest BCUT2D eigenvalue weighted by Crippen LogP contribution is -2.47. The van der Waals surface area contributed by atoms with Gasteiger partial charge in [0.05, 0.1) is 6.42 Å². The molecule has 1 atom stereocenters. The SMILES string of the molecule is CNC1CCCN(C(=O)Cc2c(Cl)cccc2Cl)C1.